The predicted molar refractivity (Wildman–Crippen MR) is 66.9 cm³/mol. The number of imidazole rings is 1. The van der Waals surface area contributed by atoms with Gasteiger partial charge in [0.05, 0.1) is 18.0 Å². The fourth-order valence-electron chi connectivity index (χ4n) is 1.77. The Morgan fingerprint density at radius 1 is 1.39 bits per heavy atom. The summed E-state index contributed by atoms with van der Waals surface area (Å²) in [5.74, 6) is 0.122. The van der Waals surface area contributed by atoms with Crippen molar-refractivity contribution < 1.29 is 4.79 Å². The number of ketones is 1. The molecule has 0 atom stereocenters. The first kappa shape index (κ1) is 12.1. The van der Waals surface area contributed by atoms with Crippen molar-refractivity contribution >= 4 is 5.78 Å². The first-order valence-corrected chi connectivity index (χ1v) is 5.66. The summed E-state index contributed by atoms with van der Waals surface area (Å²) in [5, 5.41) is 8.73. The van der Waals surface area contributed by atoms with E-state index >= 15 is 0 Å². The van der Waals surface area contributed by atoms with Crippen LogP contribution in [0.3, 0.4) is 0 Å². The van der Waals surface area contributed by atoms with Gasteiger partial charge in [0.1, 0.15) is 5.78 Å². The number of hydrogen-bond donors (Lipinski definition) is 0. The van der Waals surface area contributed by atoms with Crippen molar-refractivity contribution in [3.8, 4) is 6.07 Å². The largest absolute Gasteiger partial charge is 0.330 e. The number of benzene rings is 1. The summed E-state index contributed by atoms with van der Waals surface area (Å²) in [6.45, 7) is 2.23. The van der Waals surface area contributed by atoms with Crippen LogP contribution in [0.15, 0.2) is 36.8 Å². The molecule has 0 saturated heterocycles. The van der Waals surface area contributed by atoms with Crippen LogP contribution >= 0.6 is 0 Å². The van der Waals surface area contributed by atoms with Crippen LogP contribution < -0.4 is 0 Å². The third-order valence-electron chi connectivity index (χ3n) is 2.66. The maximum atomic E-state index is 11.1. The minimum Gasteiger partial charge on any atom is -0.330 e. The van der Waals surface area contributed by atoms with Gasteiger partial charge in [-0.3, -0.25) is 4.79 Å². The topological polar surface area (TPSA) is 58.7 Å². The van der Waals surface area contributed by atoms with E-state index in [0.29, 0.717) is 18.5 Å². The molecule has 0 amide bonds. The Morgan fingerprint density at radius 2 is 2.11 bits per heavy atom. The van der Waals surface area contributed by atoms with Gasteiger partial charge >= 0.3 is 0 Å². The number of hydrogen-bond acceptors (Lipinski definition) is 3. The van der Waals surface area contributed by atoms with Gasteiger partial charge in [-0.15, -0.1) is 0 Å². The van der Waals surface area contributed by atoms with Gasteiger partial charge in [0.15, 0.2) is 0 Å². The van der Waals surface area contributed by atoms with Gasteiger partial charge in [0.2, 0.25) is 0 Å². The molecule has 0 saturated carbocycles. The first-order chi connectivity index (χ1) is 8.69. The summed E-state index contributed by atoms with van der Waals surface area (Å²) in [6, 6.07) is 9.49. The number of Topliss-reactive ketones (excluding diaryl/α,β-unsaturated/α-hetero) is 1. The number of rotatable bonds is 4. The monoisotopic (exact) mass is 239 g/mol. The minimum atomic E-state index is 0.122. The highest BCUT2D eigenvalue weighted by Gasteiger charge is 2.05. The van der Waals surface area contributed by atoms with Crippen molar-refractivity contribution in [3.05, 3.63) is 53.6 Å². The Bertz CT molecular complexity index is 590. The molecule has 0 radical (unpaired) electrons. The lowest BCUT2D eigenvalue weighted by Crippen LogP contribution is -2.06. The second kappa shape index (κ2) is 5.28. The molecule has 0 bridgehead atoms. The molecule has 90 valence electrons. The highest BCUT2D eigenvalue weighted by Crippen LogP contribution is 2.08. The third-order valence-corrected chi connectivity index (χ3v) is 2.66. The lowest BCUT2D eigenvalue weighted by Gasteiger charge is -2.07. The Balaban J connectivity index is 2.16. The Kier molecular flexibility index (Phi) is 3.54. The molecule has 0 aliphatic carbocycles. The summed E-state index contributed by atoms with van der Waals surface area (Å²) < 4.78 is 1.95. The molecule has 0 N–H and O–H groups in total. The zero-order chi connectivity index (χ0) is 13.0. The van der Waals surface area contributed by atoms with E-state index < -0.39 is 0 Å². The maximum Gasteiger partial charge on any atom is 0.135 e. The second-order valence-corrected chi connectivity index (χ2v) is 4.20. The molecule has 0 aliphatic heterocycles. The van der Waals surface area contributed by atoms with Crippen LogP contribution in [0.5, 0.6) is 0 Å². The van der Waals surface area contributed by atoms with E-state index in [2.05, 4.69) is 11.1 Å². The van der Waals surface area contributed by atoms with E-state index in [0.717, 1.165) is 11.3 Å². The van der Waals surface area contributed by atoms with Gasteiger partial charge in [-0.05, 0) is 24.6 Å². The molecule has 4 heteroatoms. The fraction of sp³-hybridized carbons (Fsp3) is 0.214. The van der Waals surface area contributed by atoms with Crippen molar-refractivity contribution in [2.75, 3.05) is 0 Å². The highest BCUT2D eigenvalue weighted by molar-refractivity contribution is 5.77. The van der Waals surface area contributed by atoms with Crippen LogP contribution in [0.25, 0.3) is 0 Å². The number of aromatic nitrogens is 2. The van der Waals surface area contributed by atoms with E-state index in [-0.39, 0.29) is 5.78 Å². The van der Waals surface area contributed by atoms with E-state index in [1.165, 1.54) is 0 Å². The van der Waals surface area contributed by atoms with Gasteiger partial charge in [-0.1, -0.05) is 12.1 Å². The van der Waals surface area contributed by atoms with Crippen LogP contribution in [0.2, 0.25) is 0 Å². The molecule has 1 heterocycles. The molecule has 2 aromatic rings. The van der Waals surface area contributed by atoms with E-state index in [4.69, 9.17) is 5.26 Å². The minimum absolute atomic E-state index is 0.122. The third kappa shape index (κ3) is 2.83. The van der Waals surface area contributed by atoms with Gasteiger partial charge in [-0.2, -0.15) is 5.26 Å². The Morgan fingerprint density at radius 3 is 2.72 bits per heavy atom. The number of nitriles is 1. The molecule has 1 aromatic carbocycles. The summed E-state index contributed by atoms with van der Waals surface area (Å²) in [4.78, 5) is 15.2. The number of carbonyl (C=O) groups is 1. The zero-order valence-electron chi connectivity index (χ0n) is 10.1. The lowest BCUT2D eigenvalue weighted by atomic mass is 10.1. The Hall–Kier alpha value is -2.41. The van der Waals surface area contributed by atoms with Crippen molar-refractivity contribution in [1.82, 2.24) is 9.55 Å². The van der Waals surface area contributed by atoms with Gasteiger partial charge < -0.3 is 4.57 Å². The fourth-order valence-corrected chi connectivity index (χ4v) is 1.77. The molecule has 0 fully saturated rings. The number of nitrogens with zero attached hydrogens (tertiary/aromatic N) is 3. The van der Waals surface area contributed by atoms with E-state index in [1.807, 2.05) is 16.7 Å². The van der Waals surface area contributed by atoms with Crippen molar-refractivity contribution in [2.24, 2.45) is 0 Å². The average Bonchev–Trinajstić information content (AvgIpc) is 2.77. The zero-order valence-corrected chi connectivity index (χ0v) is 10.1. The van der Waals surface area contributed by atoms with Crippen LogP contribution in [0, 0.1) is 11.3 Å². The van der Waals surface area contributed by atoms with Crippen LogP contribution in [0.1, 0.15) is 23.7 Å². The lowest BCUT2D eigenvalue weighted by molar-refractivity contribution is -0.116. The van der Waals surface area contributed by atoms with E-state index in [1.54, 1.807) is 31.6 Å². The van der Waals surface area contributed by atoms with Gasteiger partial charge in [0, 0.05) is 24.9 Å². The standard InChI is InChI=1S/C14H13N3O/c1-11(18)6-14-8-16-10-17(14)9-13-4-2-12(7-15)3-5-13/h2-5,8,10H,6,9H2,1H3. The smallest absolute Gasteiger partial charge is 0.135 e. The van der Waals surface area contributed by atoms with Crippen molar-refractivity contribution in [2.45, 2.75) is 19.9 Å². The number of carbonyl (C=O) groups excluding carboxylic acids is 1. The molecular weight excluding hydrogens is 226 g/mol. The van der Waals surface area contributed by atoms with Gasteiger partial charge in [0.25, 0.3) is 0 Å². The maximum absolute atomic E-state index is 11.1. The summed E-state index contributed by atoms with van der Waals surface area (Å²) >= 11 is 0. The SMILES string of the molecule is CC(=O)Cc1cncn1Cc1ccc(C#N)cc1. The van der Waals surface area contributed by atoms with Crippen LogP contribution in [-0.4, -0.2) is 15.3 Å². The normalized spacial score (nSPS) is 10.0. The van der Waals surface area contributed by atoms with E-state index in [9.17, 15) is 4.79 Å². The molecular formula is C14H13N3O. The molecule has 0 unspecified atom stereocenters. The first-order valence-electron chi connectivity index (χ1n) is 5.66. The molecule has 0 aliphatic rings. The second-order valence-electron chi connectivity index (χ2n) is 4.20. The van der Waals surface area contributed by atoms with Crippen LogP contribution in [-0.2, 0) is 17.8 Å². The summed E-state index contributed by atoms with van der Waals surface area (Å²) in [7, 11) is 0. The van der Waals surface area contributed by atoms with Crippen molar-refractivity contribution in [1.29, 1.82) is 5.26 Å². The predicted octanol–water partition coefficient (Wildman–Crippen LogP) is 1.93. The molecule has 18 heavy (non-hydrogen) atoms. The Labute approximate surface area is 106 Å². The van der Waals surface area contributed by atoms with Crippen LogP contribution in [0.4, 0.5) is 0 Å². The molecule has 1 aromatic heterocycles. The quantitative estimate of drug-likeness (QED) is 0.819. The van der Waals surface area contributed by atoms with Crippen molar-refractivity contribution in [3.63, 3.8) is 0 Å². The van der Waals surface area contributed by atoms with Gasteiger partial charge in [-0.25, -0.2) is 4.98 Å². The summed E-state index contributed by atoms with van der Waals surface area (Å²) in [6.07, 6.45) is 3.83. The molecule has 0 spiro atoms. The average molecular weight is 239 g/mol. The summed E-state index contributed by atoms with van der Waals surface area (Å²) in [5.41, 5.74) is 2.64. The molecule has 4 nitrogen and oxygen atoms in total. The highest BCUT2D eigenvalue weighted by atomic mass is 16.1. The molecule has 2 rings (SSSR count).